The molecule has 1 aromatic rings. The second kappa shape index (κ2) is 6.74. The first-order chi connectivity index (χ1) is 9.98. The van der Waals surface area contributed by atoms with Gasteiger partial charge < -0.3 is 14.6 Å². The summed E-state index contributed by atoms with van der Waals surface area (Å²) in [4.78, 5) is 0.238. The SMILES string of the molecule is CCOc1ccc(S(=O)(=O)N2CCOC(CO)C2)cc1C. The second-order valence-electron chi connectivity index (χ2n) is 4.90. The monoisotopic (exact) mass is 315 g/mol. The molecule has 0 spiro atoms. The van der Waals surface area contributed by atoms with Gasteiger partial charge in [0.15, 0.2) is 0 Å². The van der Waals surface area contributed by atoms with Crippen LogP contribution in [0.15, 0.2) is 23.1 Å². The van der Waals surface area contributed by atoms with Crippen molar-refractivity contribution in [3.63, 3.8) is 0 Å². The molecule has 1 atom stereocenters. The fourth-order valence-corrected chi connectivity index (χ4v) is 3.81. The minimum Gasteiger partial charge on any atom is -0.494 e. The molecule has 21 heavy (non-hydrogen) atoms. The Labute approximate surface area is 125 Å². The highest BCUT2D eigenvalue weighted by atomic mass is 32.2. The van der Waals surface area contributed by atoms with Crippen molar-refractivity contribution in [1.82, 2.24) is 4.31 Å². The number of aliphatic hydroxyl groups excluding tert-OH is 1. The summed E-state index contributed by atoms with van der Waals surface area (Å²) in [6, 6.07) is 4.84. The summed E-state index contributed by atoms with van der Waals surface area (Å²) in [6.45, 7) is 4.81. The van der Waals surface area contributed by atoms with Crippen LogP contribution in [0.4, 0.5) is 0 Å². The number of rotatable bonds is 5. The molecular weight excluding hydrogens is 294 g/mol. The molecule has 0 radical (unpaired) electrons. The third-order valence-corrected chi connectivity index (χ3v) is 5.25. The molecule has 1 heterocycles. The highest BCUT2D eigenvalue weighted by Crippen LogP contribution is 2.25. The third-order valence-electron chi connectivity index (χ3n) is 3.39. The van der Waals surface area contributed by atoms with Crippen LogP contribution in [-0.4, -0.2) is 56.8 Å². The molecule has 0 saturated carbocycles. The van der Waals surface area contributed by atoms with Crippen LogP contribution in [-0.2, 0) is 14.8 Å². The van der Waals surface area contributed by atoms with E-state index < -0.39 is 16.1 Å². The molecule has 1 saturated heterocycles. The van der Waals surface area contributed by atoms with E-state index in [4.69, 9.17) is 14.6 Å². The highest BCUT2D eigenvalue weighted by Gasteiger charge is 2.30. The zero-order valence-electron chi connectivity index (χ0n) is 12.3. The Hall–Kier alpha value is -1.15. The zero-order chi connectivity index (χ0) is 15.5. The number of sulfonamides is 1. The van der Waals surface area contributed by atoms with Crippen LogP contribution in [0.3, 0.4) is 0 Å². The quantitative estimate of drug-likeness (QED) is 0.869. The van der Waals surface area contributed by atoms with Crippen LogP contribution < -0.4 is 4.74 Å². The first-order valence-corrected chi connectivity index (χ1v) is 8.39. The van der Waals surface area contributed by atoms with Crippen molar-refractivity contribution >= 4 is 10.0 Å². The first-order valence-electron chi connectivity index (χ1n) is 6.95. The van der Waals surface area contributed by atoms with Gasteiger partial charge in [0.1, 0.15) is 5.75 Å². The van der Waals surface area contributed by atoms with Gasteiger partial charge >= 0.3 is 0 Å². The van der Waals surface area contributed by atoms with E-state index in [2.05, 4.69) is 0 Å². The predicted molar refractivity (Wildman–Crippen MR) is 77.9 cm³/mol. The van der Waals surface area contributed by atoms with Crippen LogP contribution >= 0.6 is 0 Å². The molecule has 1 aromatic carbocycles. The van der Waals surface area contributed by atoms with Crippen molar-refractivity contribution in [2.24, 2.45) is 0 Å². The van der Waals surface area contributed by atoms with E-state index in [0.717, 1.165) is 5.56 Å². The van der Waals surface area contributed by atoms with Gasteiger partial charge in [0.05, 0.1) is 30.8 Å². The lowest BCUT2D eigenvalue weighted by Gasteiger charge is -2.31. The van der Waals surface area contributed by atoms with Crippen molar-refractivity contribution in [3.05, 3.63) is 23.8 Å². The van der Waals surface area contributed by atoms with Crippen LogP contribution in [0.1, 0.15) is 12.5 Å². The summed E-state index contributed by atoms with van der Waals surface area (Å²) >= 11 is 0. The lowest BCUT2D eigenvalue weighted by molar-refractivity contribution is -0.0304. The molecule has 1 aliphatic rings. The Kier molecular flexibility index (Phi) is 5.21. The summed E-state index contributed by atoms with van der Waals surface area (Å²) in [5.74, 6) is 0.687. The summed E-state index contributed by atoms with van der Waals surface area (Å²) < 4.78 is 37.3. The minimum atomic E-state index is -3.57. The maximum absolute atomic E-state index is 12.6. The Morgan fingerprint density at radius 3 is 2.86 bits per heavy atom. The maximum atomic E-state index is 12.6. The smallest absolute Gasteiger partial charge is 0.243 e. The first kappa shape index (κ1) is 16.2. The van der Waals surface area contributed by atoms with Gasteiger partial charge in [-0.05, 0) is 37.6 Å². The number of hydrogen-bond donors (Lipinski definition) is 1. The highest BCUT2D eigenvalue weighted by molar-refractivity contribution is 7.89. The standard InChI is InChI=1S/C14H21NO5S/c1-3-19-14-5-4-13(8-11(14)2)21(17,18)15-6-7-20-12(9-15)10-16/h4-5,8,12,16H,3,6-7,9-10H2,1-2H3. The fourth-order valence-electron chi connectivity index (χ4n) is 2.27. The molecule has 0 aromatic heterocycles. The van der Waals surface area contributed by atoms with Crippen molar-refractivity contribution in [1.29, 1.82) is 0 Å². The fraction of sp³-hybridized carbons (Fsp3) is 0.571. The molecule has 1 fully saturated rings. The van der Waals surface area contributed by atoms with E-state index in [-0.39, 0.29) is 18.0 Å². The van der Waals surface area contributed by atoms with Crippen LogP contribution in [0.25, 0.3) is 0 Å². The maximum Gasteiger partial charge on any atom is 0.243 e. The molecule has 118 valence electrons. The number of aliphatic hydroxyl groups is 1. The molecule has 0 aliphatic carbocycles. The number of benzene rings is 1. The largest absolute Gasteiger partial charge is 0.494 e. The van der Waals surface area contributed by atoms with E-state index in [1.54, 1.807) is 18.2 Å². The van der Waals surface area contributed by atoms with E-state index in [1.165, 1.54) is 4.31 Å². The van der Waals surface area contributed by atoms with Gasteiger partial charge in [0, 0.05) is 13.1 Å². The van der Waals surface area contributed by atoms with Crippen molar-refractivity contribution in [2.75, 3.05) is 32.9 Å². The minimum absolute atomic E-state index is 0.172. The van der Waals surface area contributed by atoms with Crippen LogP contribution in [0.5, 0.6) is 5.75 Å². The van der Waals surface area contributed by atoms with E-state index in [1.807, 2.05) is 13.8 Å². The summed E-state index contributed by atoms with van der Waals surface area (Å²) in [5, 5.41) is 9.12. The predicted octanol–water partition coefficient (Wildman–Crippen LogP) is 0.776. The van der Waals surface area contributed by atoms with E-state index in [0.29, 0.717) is 25.5 Å². The number of ether oxygens (including phenoxy) is 2. The topological polar surface area (TPSA) is 76.1 Å². The summed E-state index contributed by atoms with van der Waals surface area (Å²) in [7, 11) is -3.57. The van der Waals surface area contributed by atoms with E-state index >= 15 is 0 Å². The Morgan fingerprint density at radius 2 is 2.24 bits per heavy atom. The number of nitrogens with zero attached hydrogens (tertiary/aromatic N) is 1. The van der Waals surface area contributed by atoms with Crippen LogP contribution in [0.2, 0.25) is 0 Å². The second-order valence-corrected chi connectivity index (χ2v) is 6.84. The Bertz CT molecular complexity index is 587. The lowest BCUT2D eigenvalue weighted by Crippen LogP contribution is -2.46. The lowest BCUT2D eigenvalue weighted by atomic mass is 10.2. The molecule has 7 heteroatoms. The van der Waals surface area contributed by atoms with Gasteiger partial charge in [-0.15, -0.1) is 0 Å². The van der Waals surface area contributed by atoms with Gasteiger partial charge in [-0.2, -0.15) is 4.31 Å². The summed E-state index contributed by atoms with van der Waals surface area (Å²) in [5.41, 5.74) is 0.782. The molecule has 0 bridgehead atoms. The molecular formula is C14H21NO5S. The summed E-state index contributed by atoms with van der Waals surface area (Å²) in [6.07, 6.45) is -0.461. The molecule has 0 amide bonds. The Balaban J connectivity index is 2.25. The molecule has 6 nitrogen and oxygen atoms in total. The molecule has 1 N–H and O–H groups in total. The zero-order valence-corrected chi connectivity index (χ0v) is 13.1. The average Bonchev–Trinajstić information content (AvgIpc) is 2.49. The normalized spacial score (nSPS) is 20.4. The van der Waals surface area contributed by atoms with Gasteiger partial charge in [-0.3, -0.25) is 0 Å². The van der Waals surface area contributed by atoms with Gasteiger partial charge in [-0.25, -0.2) is 8.42 Å². The van der Waals surface area contributed by atoms with E-state index in [9.17, 15) is 8.42 Å². The number of aryl methyl sites for hydroxylation is 1. The van der Waals surface area contributed by atoms with Crippen molar-refractivity contribution in [3.8, 4) is 5.75 Å². The van der Waals surface area contributed by atoms with Crippen molar-refractivity contribution in [2.45, 2.75) is 24.8 Å². The van der Waals surface area contributed by atoms with Gasteiger partial charge in [0.25, 0.3) is 0 Å². The Morgan fingerprint density at radius 1 is 1.48 bits per heavy atom. The molecule has 1 aliphatic heterocycles. The van der Waals surface area contributed by atoms with Crippen LogP contribution in [0, 0.1) is 6.92 Å². The van der Waals surface area contributed by atoms with Gasteiger partial charge in [-0.1, -0.05) is 0 Å². The van der Waals surface area contributed by atoms with Gasteiger partial charge in [0.2, 0.25) is 10.0 Å². The molecule has 2 rings (SSSR count). The number of morpholine rings is 1. The molecule has 1 unspecified atom stereocenters. The third kappa shape index (κ3) is 3.55. The van der Waals surface area contributed by atoms with Crippen molar-refractivity contribution < 1.29 is 23.0 Å². The number of hydrogen-bond acceptors (Lipinski definition) is 5. The average molecular weight is 315 g/mol.